The summed E-state index contributed by atoms with van der Waals surface area (Å²) in [5.41, 5.74) is -0.257. The highest BCUT2D eigenvalue weighted by atomic mass is 32.2. The molecule has 248 valence electrons. The van der Waals surface area contributed by atoms with Gasteiger partial charge in [0, 0.05) is 12.6 Å². The number of methoxy groups -OCH3 is 1. The zero-order chi connectivity index (χ0) is 33.6. The lowest BCUT2D eigenvalue weighted by Gasteiger charge is -2.28. The van der Waals surface area contributed by atoms with E-state index in [-0.39, 0.29) is 30.3 Å². The van der Waals surface area contributed by atoms with E-state index in [4.69, 9.17) is 9.47 Å². The Bertz CT molecular complexity index is 1860. The van der Waals surface area contributed by atoms with Gasteiger partial charge >= 0.3 is 5.97 Å². The minimum Gasteiger partial charge on any atom is -0.488 e. The predicted octanol–water partition coefficient (Wildman–Crippen LogP) is 5.27. The minimum absolute atomic E-state index is 0.0787. The van der Waals surface area contributed by atoms with Gasteiger partial charge in [0.1, 0.15) is 28.8 Å². The summed E-state index contributed by atoms with van der Waals surface area (Å²) < 4.78 is 46.1. The summed E-state index contributed by atoms with van der Waals surface area (Å²) in [6.45, 7) is 2.26. The number of aromatic nitrogens is 2. The van der Waals surface area contributed by atoms with Crippen molar-refractivity contribution in [3.63, 3.8) is 0 Å². The van der Waals surface area contributed by atoms with Crippen LogP contribution < -0.4 is 10.1 Å². The Morgan fingerprint density at radius 2 is 1.77 bits per heavy atom. The lowest BCUT2D eigenvalue weighted by Crippen LogP contribution is -2.44. The van der Waals surface area contributed by atoms with Crippen LogP contribution in [-0.2, 0) is 24.4 Å². The van der Waals surface area contributed by atoms with E-state index in [1.807, 2.05) is 42.5 Å². The molecule has 12 nitrogen and oxygen atoms in total. The monoisotopic (exact) mass is 662 g/mol. The highest BCUT2D eigenvalue weighted by molar-refractivity contribution is 7.86. The van der Waals surface area contributed by atoms with Crippen LogP contribution in [0.2, 0.25) is 0 Å². The number of esters is 1. The summed E-state index contributed by atoms with van der Waals surface area (Å²) in [7, 11) is -3.36. The second-order valence-corrected chi connectivity index (χ2v) is 12.9. The molecule has 47 heavy (non-hydrogen) atoms. The standard InChI is InChI=1S/C34H38N4O8S/c1-3-4-5-6-14-28(37-21-31(35-22-37)36-32(39)27-13-9-10-15-30(27)47(42,43)44)33(40)38-20-26(19-29(38)34(41)45-2)46-25-17-16-23-11-7-8-12-24(23)18-25/h7-13,15-18,21-22,26,28-29H,3-6,14,19-20H2,1-2H3,(H,36,39)(H,42,43,44)/t26-,28+,29-/m0/s1. The van der Waals surface area contributed by atoms with Crippen LogP contribution in [-0.4, -0.2) is 71.0 Å². The molecule has 2 N–H and O–H groups in total. The van der Waals surface area contributed by atoms with Crippen LogP contribution in [0.4, 0.5) is 5.82 Å². The first-order chi connectivity index (χ1) is 22.6. The van der Waals surface area contributed by atoms with Gasteiger partial charge < -0.3 is 24.3 Å². The number of benzene rings is 3. The van der Waals surface area contributed by atoms with Crippen molar-refractivity contribution in [1.82, 2.24) is 14.5 Å². The number of rotatable bonds is 13. The average molecular weight is 663 g/mol. The minimum atomic E-state index is -4.65. The van der Waals surface area contributed by atoms with E-state index in [0.717, 1.165) is 42.5 Å². The van der Waals surface area contributed by atoms with E-state index in [1.54, 1.807) is 4.57 Å². The van der Waals surface area contributed by atoms with Gasteiger partial charge in [0.05, 0.1) is 25.5 Å². The lowest BCUT2D eigenvalue weighted by atomic mass is 10.1. The molecule has 3 atom stereocenters. The van der Waals surface area contributed by atoms with Crippen LogP contribution in [0, 0.1) is 0 Å². The third kappa shape index (κ3) is 7.98. The van der Waals surface area contributed by atoms with E-state index in [2.05, 4.69) is 17.2 Å². The molecule has 0 spiro atoms. The Kier molecular flexibility index (Phi) is 10.6. The summed E-state index contributed by atoms with van der Waals surface area (Å²) in [6.07, 6.45) is 6.80. The summed E-state index contributed by atoms with van der Waals surface area (Å²) in [6, 6.07) is 17.3. The van der Waals surface area contributed by atoms with E-state index < -0.39 is 45.1 Å². The number of amides is 2. The number of unbranched alkanes of at least 4 members (excludes halogenated alkanes) is 3. The van der Waals surface area contributed by atoms with Crippen LogP contribution in [0.15, 0.2) is 84.1 Å². The largest absolute Gasteiger partial charge is 0.488 e. The van der Waals surface area contributed by atoms with Crippen molar-refractivity contribution >= 4 is 44.5 Å². The molecule has 1 aliphatic rings. The first-order valence-electron chi connectivity index (χ1n) is 15.5. The zero-order valence-corrected chi connectivity index (χ0v) is 27.1. The highest BCUT2D eigenvalue weighted by Gasteiger charge is 2.43. The number of fused-ring (bicyclic) bond motifs is 1. The first-order valence-corrected chi connectivity index (χ1v) is 17.0. The van der Waals surface area contributed by atoms with Gasteiger partial charge in [-0.05, 0) is 41.5 Å². The number of likely N-dealkylation sites (tertiary alicyclic amines) is 1. The first kappa shape index (κ1) is 33.6. The van der Waals surface area contributed by atoms with Gasteiger partial charge in [0.2, 0.25) is 5.91 Å². The molecule has 2 amide bonds. The number of nitrogens with one attached hydrogen (secondary N) is 1. The molecule has 0 radical (unpaired) electrons. The van der Waals surface area contributed by atoms with Crippen molar-refractivity contribution in [2.45, 2.75) is 68.5 Å². The highest BCUT2D eigenvalue weighted by Crippen LogP contribution is 2.30. The van der Waals surface area contributed by atoms with E-state index in [9.17, 15) is 27.4 Å². The van der Waals surface area contributed by atoms with Gasteiger partial charge in [-0.1, -0.05) is 75.1 Å². The van der Waals surface area contributed by atoms with Crippen molar-refractivity contribution in [3.8, 4) is 5.75 Å². The number of hydrogen-bond donors (Lipinski definition) is 2. The van der Waals surface area contributed by atoms with Crippen LogP contribution in [0.1, 0.15) is 61.8 Å². The smallest absolute Gasteiger partial charge is 0.328 e. The van der Waals surface area contributed by atoms with Crippen LogP contribution in [0.25, 0.3) is 10.8 Å². The van der Waals surface area contributed by atoms with E-state index in [0.29, 0.717) is 12.2 Å². The number of imidazole rings is 1. The number of nitrogens with zero attached hydrogens (tertiary/aromatic N) is 3. The number of carbonyl (C=O) groups is 3. The van der Waals surface area contributed by atoms with Crippen LogP contribution >= 0.6 is 0 Å². The number of hydrogen-bond acceptors (Lipinski definition) is 8. The topological polar surface area (TPSA) is 157 Å². The molecule has 2 heterocycles. The van der Waals surface area contributed by atoms with E-state index >= 15 is 0 Å². The second kappa shape index (κ2) is 14.8. The molecule has 5 rings (SSSR count). The van der Waals surface area contributed by atoms with Gasteiger partial charge in [-0.15, -0.1) is 0 Å². The zero-order valence-electron chi connectivity index (χ0n) is 26.2. The molecule has 4 aromatic rings. The third-order valence-electron chi connectivity index (χ3n) is 8.27. The fourth-order valence-corrected chi connectivity index (χ4v) is 6.60. The Hall–Kier alpha value is -4.75. The predicted molar refractivity (Wildman–Crippen MR) is 175 cm³/mol. The molecule has 1 aliphatic heterocycles. The fourth-order valence-electron chi connectivity index (χ4n) is 5.91. The van der Waals surface area contributed by atoms with Gasteiger partial charge in [-0.3, -0.25) is 14.1 Å². The summed E-state index contributed by atoms with van der Waals surface area (Å²) in [5, 5.41) is 4.63. The molecule has 1 fully saturated rings. The Balaban J connectivity index is 1.37. The molecule has 0 unspecified atom stereocenters. The summed E-state index contributed by atoms with van der Waals surface area (Å²) in [4.78, 5) is 45.4. The average Bonchev–Trinajstić information content (AvgIpc) is 3.71. The van der Waals surface area contributed by atoms with Crippen LogP contribution in [0.3, 0.4) is 0 Å². The Morgan fingerprint density at radius 3 is 2.51 bits per heavy atom. The molecule has 13 heteroatoms. The Morgan fingerprint density at radius 1 is 1.02 bits per heavy atom. The molecule has 0 bridgehead atoms. The molecular formula is C34H38N4O8S. The third-order valence-corrected chi connectivity index (χ3v) is 9.18. The summed E-state index contributed by atoms with van der Waals surface area (Å²) >= 11 is 0. The number of anilines is 1. The van der Waals surface area contributed by atoms with Gasteiger partial charge in [-0.25, -0.2) is 9.78 Å². The molecule has 0 saturated carbocycles. The fraction of sp³-hybridized carbons (Fsp3) is 0.353. The molecule has 3 aromatic carbocycles. The maximum atomic E-state index is 14.3. The maximum Gasteiger partial charge on any atom is 0.328 e. The van der Waals surface area contributed by atoms with Crippen molar-refractivity contribution in [2.75, 3.05) is 19.0 Å². The molecule has 1 saturated heterocycles. The second-order valence-electron chi connectivity index (χ2n) is 11.5. The summed E-state index contributed by atoms with van der Waals surface area (Å²) in [5.74, 6) is -0.936. The van der Waals surface area contributed by atoms with Crippen molar-refractivity contribution in [3.05, 3.63) is 84.8 Å². The SMILES string of the molecule is CCCCCC[C@H](C(=O)N1C[C@@H](Oc2ccc3ccccc3c2)C[C@H]1C(=O)OC)n1cnc(NC(=O)c2ccccc2S(=O)(=O)O)c1. The maximum absolute atomic E-state index is 14.3. The molecule has 0 aliphatic carbocycles. The van der Waals surface area contributed by atoms with Crippen molar-refractivity contribution in [2.24, 2.45) is 0 Å². The molecule has 1 aromatic heterocycles. The normalized spacial score (nSPS) is 17.0. The number of carbonyl (C=O) groups excluding carboxylic acids is 3. The van der Waals surface area contributed by atoms with Gasteiger partial charge in [-0.2, -0.15) is 8.42 Å². The van der Waals surface area contributed by atoms with Crippen LogP contribution in [0.5, 0.6) is 5.75 Å². The lowest BCUT2D eigenvalue weighted by molar-refractivity contribution is -0.152. The quantitative estimate of drug-likeness (QED) is 0.111. The van der Waals surface area contributed by atoms with Crippen molar-refractivity contribution in [1.29, 1.82) is 0 Å². The van der Waals surface area contributed by atoms with Gasteiger partial charge in [0.25, 0.3) is 16.0 Å². The van der Waals surface area contributed by atoms with E-state index in [1.165, 1.54) is 42.7 Å². The Labute approximate surface area is 273 Å². The van der Waals surface area contributed by atoms with Gasteiger partial charge in [0.15, 0.2) is 5.82 Å². The molecular weight excluding hydrogens is 624 g/mol. The number of ether oxygens (including phenoxy) is 2. The van der Waals surface area contributed by atoms with Crippen molar-refractivity contribution < 1.29 is 36.8 Å².